The number of hydrogen-bond acceptors (Lipinski definition) is 4. The molecule has 1 aromatic carbocycles. The molecule has 1 fully saturated rings. The van der Waals surface area contributed by atoms with Gasteiger partial charge in [-0.3, -0.25) is 0 Å². The Bertz CT molecular complexity index is 592. The van der Waals surface area contributed by atoms with E-state index in [1.54, 1.807) is 7.11 Å². The molecule has 3 rings (SSSR count). The first-order valence-corrected chi connectivity index (χ1v) is 8.82. The van der Waals surface area contributed by atoms with Crippen LogP contribution < -0.4 is 10.1 Å². The first-order valence-electron chi connectivity index (χ1n) is 8.82. The standard InChI is InChI=1S/C20H27N3O/c1-24-20-8-7-18(16-22-20)15-21-19-10-13-23(14-11-19)12-9-17-5-3-2-4-6-17/h2-8,16,19,21H,9-15H2,1H3. The van der Waals surface area contributed by atoms with Crippen molar-refractivity contribution in [3.8, 4) is 5.88 Å². The summed E-state index contributed by atoms with van der Waals surface area (Å²) in [5.41, 5.74) is 2.65. The van der Waals surface area contributed by atoms with Crippen molar-refractivity contribution in [2.45, 2.75) is 31.8 Å². The number of nitrogens with zero attached hydrogens (tertiary/aromatic N) is 2. The number of benzene rings is 1. The third kappa shape index (κ3) is 5.05. The van der Waals surface area contributed by atoms with Crippen molar-refractivity contribution < 1.29 is 4.74 Å². The highest BCUT2D eigenvalue weighted by atomic mass is 16.5. The molecule has 2 heterocycles. The predicted octanol–water partition coefficient (Wildman–Crippen LogP) is 2.89. The molecule has 0 atom stereocenters. The molecule has 0 unspecified atom stereocenters. The van der Waals surface area contributed by atoms with Crippen LogP contribution in [0.15, 0.2) is 48.7 Å². The van der Waals surface area contributed by atoms with Crippen LogP contribution in [0.1, 0.15) is 24.0 Å². The van der Waals surface area contributed by atoms with E-state index in [9.17, 15) is 0 Å². The van der Waals surface area contributed by atoms with Crippen LogP contribution in [0, 0.1) is 0 Å². The molecule has 24 heavy (non-hydrogen) atoms. The second-order valence-corrected chi connectivity index (χ2v) is 6.44. The second-order valence-electron chi connectivity index (χ2n) is 6.44. The molecule has 1 aliphatic rings. The fraction of sp³-hybridized carbons (Fsp3) is 0.450. The largest absolute Gasteiger partial charge is 0.481 e. The fourth-order valence-electron chi connectivity index (χ4n) is 3.19. The Morgan fingerprint density at radius 3 is 2.54 bits per heavy atom. The van der Waals surface area contributed by atoms with E-state index in [1.807, 2.05) is 12.3 Å². The summed E-state index contributed by atoms with van der Waals surface area (Å²) < 4.78 is 5.09. The summed E-state index contributed by atoms with van der Waals surface area (Å²) in [5, 5.41) is 3.66. The minimum absolute atomic E-state index is 0.611. The van der Waals surface area contributed by atoms with E-state index in [-0.39, 0.29) is 0 Å². The van der Waals surface area contributed by atoms with Crippen LogP contribution in [0.4, 0.5) is 0 Å². The van der Waals surface area contributed by atoms with E-state index in [0.29, 0.717) is 11.9 Å². The van der Waals surface area contributed by atoms with Crippen LogP contribution in [-0.2, 0) is 13.0 Å². The Kier molecular flexibility index (Phi) is 6.21. The average molecular weight is 325 g/mol. The number of rotatable bonds is 7. The average Bonchev–Trinajstić information content (AvgIpc) is 2.67. The zero-order valence-corrected chi connectivity index (χ0v) is 14.4. The Balaban J connectivity index is 1.35. The lowest BCUT2D eigenvalue weighted by Gasteiger charge is -2.32. The van der Waals surface area contributed by atoms with Crippen molar-refractivity contribution >= 4 is 0 Å². The number of aromatic nitrogens is 1. The summed E-state index contributed by atoms with van der Waals surface area (Å²) in [6.45, 7) is 4.42. The summed E-state index contributed by atoms with van der Waals surface area (Å²) in [6.07, 6.45) is 5.48. The van der Waals surface area contributed by atoms with Crippen molar-refractivity contribution in [2.75, 3.05) is 26.7 Å². The lowest BCUT2D eigenvalue weighted by atomic mass is 10.0. The van der Waals surface area contributed by atoms with Crippen LogP contribution in [0.3, 0.4) is 0 Å². The fourth-order valence-corrected chi connectivity index (χ4v) is 3.19. The van der Waals surface area contributed by atoms with E-state index >= 15 is 0 Å². The van der Waals surface area contributed by atoms with Gasteiger partial charge in [-0.1, -0.05) is 36.4 Å². The highest BCUT2D eigenvalue weighted by Gasteiger charge is 2.18. The molecule has 1 aromatic heterocycles. The molecule has 0 bridgehead atoms. The first-order chi connectivity index (χ1) is 11.8. The molecule has 1 saturated heterocycles. The van der Waals surface area contributed by atoms with E-state index < -0.39 is 0 Å². The maximum atomic E-state index is 5.09. The highest BCUT2D eigenvalue weighted by Crippen LogP contribution is 2.13. The van der Waals surface area contributed by atoms with Gasteiger partial charge < -0.3 is 15.0 Å². The minimum atomic E-state index is 0.611. The molecule has 0 saturated carbocycles. The van der Waals surface area contributed by atoms with E-state index in [0.717, 1.165) is 13.0 Å². The van der Waals surface area contributed by atoms with Gasteiger partial charge in [-0.2, -0.15) is 0 Å². The molecule has 1 N–H and O–H groups in total. The van der Waals surface area contributed by atoms with Gasteiger partial charge >= 0.3 is 0 Å². The zero-order chi connectivity index (χ0) is 16.6. The summed E-state index contributed by atoms with van der Waals surface area (Å²) in [6, 6.07) is 15.4. The summed E-state index contributed by atoms with van der Waals surface area (Å²) >= 11 is 0. The quantitative estimate of drug-likeness (QED) is 0.849. The number of hydrogen-bond donors (Lipinski definition) is 1. The van der Waals surface area contributed by atoms with Gasteiger partial charge in [-0.15, -0.1) is 0 Å². The van der Waals surface area contributed by atoms with Crippen molar-refractivity contribution in [3.05, 3.63) is 59.8 Å². The number of pyridine rings is 1. The van der Waals surface area contributed by atoms with Crippen LogP contribution in [-0.4, -0.2) is 42.7 Å². The second kappa shape index (κ2) is 8.81. The zero-order valence-electron chi connectivity index (χ0n) is 14.4. The van der Waals surface area contributed by atoms with Crippen molar-refractivity contribution in [3.63, 3.8) is 0 Å². The van der Waals surface area contributed by atoms with Gasteiger partial charge in [0, 0.05) is 31.4 Å². The minimum Gasteiger partial charge on any atom is -0.481 e. The molecule has 0 aliphatic carbocycles. The lowest BCUT2D eigenvalue weighted by Crippen LogP contribution is -2.42. The number of piperidine rings is 1. The SMILES string of the molecule is COc1ccc(CNC2CCN(CCc3ccccc3)CC2)cn1. The van der Waals surface area contributed by atoms with Crippen molar-refractivity contribution in [1.82, 2.24) is 15.2 Å². The van der Waals surface area contributed by atoms with E-state index in [4.69, 9.17) is 4.74 Å². The van der Waals surface area contributed by atoms with Gasteiger partial charge in [-0.05, 0) is 43.5 Å². The number of nitrogens with one attached hydrogen (secondary N) is 1. The van der Waals surface area contributed by atoms with Crippen LogP contribution in [0.25, 0.3) is 0 Å². The molecular weight excluding hydrogens is 298 g/mol. The van der Waals surface area contributed by atoms with Gasteiger partial charge in [-0.25, -0.2) is 4.98 Å². The Labute approximate surface area is 144 Å². The molecule has 128 valence electrons. The summed E-state index contributed by atoms with van der Waals surface area (Å²) in [4.78, 5) is 6.84. The normalized spacial score (nSPS) is 16.2. The molecular formula is C20H27N3O. The molecule has 0 spiro atoms. The molecule has 1 aliphatic heterocycles. The predicted molar refractivity (Wildman–Crippen MR) is 97.2 cm³/mol. The van der Waals surface area contributed by atoms with Crippen LogP contribution >= 0.6 is 0 Å². The smallest absolute Gasteiger partial charge is 0.212 e. The molecule has 2 aromatic rings. The number of ether oxygens (including phenoxy) is 1. The molecule has 0 amide bonds. The highest BCUT2D eigenvalue weighted by molar-refractivity contribution is 5.17. The summed E-state index contributed by atoms with van der Waals surface area (Å²) in [7, 11) is 1.64. The van der Waals surface area contributed by atoms with E-state index in [1.165, 1.54) is 43.6 Å². The maximum absolute atomic E-state index is 5.09. The number of likely N-dealkylation sites (tertiary alicyclic amines) is 1. The first kappa shape index (κ1) is 16.9. The van der Waals surface area contributed by atoms with Crippen molar-refractivity contribution in [2.24, 2.45) is 0 Å². The lowest BCUT2D eigenvalue weighted by molar-refractivity contribution is 0.199. The Hall–Kier alpha value is -1.91. The van der Waals surface area contributed by atoms with Gasteiger partial charge in [0.2, 0.25) is 5.88 Å². The van der Waals surface area contributed by atoms with Gasteiger partial charge in [0.25, 0.3) is 0 Å². The number of methoxy groups -OCH3 is 1. The topological polar surface area (TPSA) is 37.4 Å². The third-order valence-electron chi connectivity index (χ3n) is 4.75. The van der Waals surface area contributed by atoms with Crippen LogP contribution in [0.5, 0.6) is 5.88 Å². The Morgan fingerprint density at radius 1 is 1.08 bits per heavy atom. The van der Waals surface area contributed by atoms with E-state index in [2.05, 4.69) is 51.6 Å². The van der Waals surface area contributed by atoms with Gasteiger partial charge in [0.05, 0.1) is 7.11 Å². The van der Waals surface area contributed by atoms with Gasteiger partial charge in [0.15, 0.2) is 0 Å². The molecule has 0 radical (unpaired) electrons. The van der Waals surface area contributed by atoms with Crippen molar-refractivity contribution in [1.29, 1.82) is 0 Å². The van der Waals surface area contributed by atoms with Gasteiger partial charge in [0.1, 0.15) is 0 Å². The maximum Gasteiger partial charge on any atom is 0.212 e. The molecule has 4 nitrogen and oxygen atoms in total. The monoisotopic (exact) mass is 325 g/mol. The Morgan fingerprint density at radius 2 is 1.88 bits per heavy atom. The summed E-state index contributed by atoms with van der Waals surface area (Å²) in [5.74, 6) is 0.672. The molecule has 4 heteroatoms. The van der Waals surface area contributed by atoms with Crippen LogP contribution in [0.2, 0.25) is 0 Å². The third-order valence-corrected chi connectivity index (χ3v) is 4.75.